The van der Waals surface area contributed by atoms with E-state index in [2.05, 4.69) is 28.1 Å². The summed E-state index contributed by atoms with van der Waals surface area (Å²) in [4.78, 5) is 0. The summed E-state index contributed by atoms with van der Waals surface area (Å²) in [6.07, 6.45) is 0. The summed E-state index contributed by atoms with van der Waals surface area (Å²) >= 11 is 3.36. The lowest BCUT2D eigenvalue weighted by Crippen LogP contribution is -1.70. The fourth-order valence-corrected chi connectivity index (χ4v) is 1.36. The van der Waals surface area contributed by atoms with Crippen molar-refractivity contribution in [3.8, 4) is 0 Å². The van der Waals surface area contributed by atoms with Crippen LogP contribution in [0, 0.1) is 5.82 Å². The summed E-state index contributed by atoms with van der Waals surface area (Å²) in [6.45, 7) is 0. The quantitative estimate of drug-likeness (QED) is 0.671. The minimum atomic E-state index is -0.178. The Morgan fingerprint density at radius 2 is 1.27 bits per heavy atom. The first-order valence-electron chi connectivity index (χ1n) is 4.63. The van der Waals surface area contributed by atoms with E-state index >= 15 is 0 Å². The number of alkyl halides is 1. The minimum absolute atomic E-state index is 0.178. The topological polar surface area (TPSA) is 0 Å². The van der Waals surface area contributed by atoms with Gasteiger partial charge in [0.25, 0.3) is 0 Å². The lowest BCUT2D eigenvalue weighted by atomic mass is 10.2. The van der Waals surface area contributed by atoms with E-state index in [0.29, 0.717) is 0 Å². The van der Waals surface area contributed by atoms with Crippen molar-refractivity contribution >= 4 is 15.9 Å². The van der Waals surface area contributed by atoms with Crippen LogP contribution in [0.1, 0.15) is 5.56 Å². The predicted octanol–water partition coefficient (Wildman–Crippen LogP) is 4.41. The van der Waals surface area contributed by atoms with Crippen LogP contribution in [0.4, 0.5) is 4.39 Å². The van der Waals surface area contributed by atoms with Crippen molar-refractivity contribution in [2.75, 3.05) is 0 Å². The predicted molar refractivity (Wildman–Crippen MR) is 65.5 cm³/mol. The summed E-state index contributed by atoms with van der Waals surface area (Å²) < 4.78 is 11.9. The molecule has 15 heavy (non-hydrogen) atoms. The van der Waals surface area contributed by atoms with Crippen molar-refractivity contribution in [3.63, 3.8) is 0 Å². The van der Waals surface area contributed by atoms with Crippen molar-refractivity contribution in [2.24, 2.45) is 0 Å². The zero-order valence-electron chi connectivity index (χ0n) is 8.24. The van der Waals surface area contributed by atoms with E-state index in [0.717, 1.165) is 5.33 Å². The van der Waals surface area contributed by atoms with Gasteiger partial charge in [0.1, 0.15) is 5.82 Å². The average Bonchev–Trinajstić information content (AvgIpc) is 2.32. The van der Waals surface area contributed by atoms with Gasteiger partial charge in [0.2, 0.25) is 0 Å². The highest BCUT2D eigenvalue weighted by Crippen LogP contribution is 2.02. The van der Waals surface area contributed by atoms with E-state index in [1.807, 2.05) is 18.2 Å². The van der Waals surface area contributed by atoms with Crippen LogP contribution in [0.25, 0.3) is 0 Å². The Labute approximate surface area is 97.9 Å². The number of hydrogen-bond acceptors (Lipinski definition) is 0. The third-order valence-corrected chi connectivity index (χ3v) is 2.38. The fourth-order valence-electron chi connectivity index (χ4n) is 0.982. The van der Waals surface area contributed by atoms with Gasteiger partial charge < -0.3 is 0 Å². The molecule has 0 spiro atoms. The van der Waals surface area contributed by atoms with Crippen LogP contribution in [0.3, 0.4) is 0 Å². The first kappa shape index (κ1) is 11.9. The van der Waals surface area contributed by atoms with Crippen molar-refractivity contribution in [1.29, 1.82) is 0 Å². The van der Waals surface area contributed by atoms with Crippen molar-refractivity contribution in [3.05, 3.63) is 72.0 Å². The third kappa shape index (κ3) is 5.33. The van der Waals surface area contributed by atoms with Gasteiger partial charge in [0.15, 0.2) is 0 Å². The van der Waals surface area contributed by atoms with Crippen LogP contribution in [0.5, 0.6) is 0 Å². The molecule has 0 bridgehead atoms. The van der Waals surface area contributed by atoms with E-state index in [1.165, 1.54) is 17.7 Å². The molecule has 0 atom stereocenters. The van der Waals surface area contributed by atoms with E-state index in [-0.39, 0.29) is 5.82 Å². The molecule has 0 radical (unpaired) electrons. The maximum Gasteiger partial charge on any atom is 0.123 e. The zero-order chi connectivity index (χ0) is 10.9. The highest BCUT2D eigenvalue weighted by atomic mass is 79.9. The van der Waals surface area contributed by atoms with Crippen LogP contribution in [0.2, 0.25) is 0 Å². The molecule has 0 aliphatic rings. The van der Waals surface area contributed by atoms with E-state index < -0.39 is 0 Å². The minimum Gasteiger partial charge on any atom is -0.207 e. The van der Waals surface area contributed by atoms with Crippen LogP contribution >= 0.6 is 15.9 Å². The summed E-state index contributed by atoms with van der Waals surface area (Å²) in [5, 5.41) is 0.952. The molecule has 0 fully saturated rings. The molecule has 0 saturated heterocycles. The Balaban J connectivity index is 0.000000151. The van der Waals surface area contributed by atoms with Gasteiger partial charge in [0, 0.05) is 5.33 Å². The molecule has 0 heterocycles. The molecule has 0 unspecified atom stereocenters. The van der Waals surface area contributed by atoms with Gasteiger partial charge >= 0.3 is 0 Å². The Hall–Kier alpha value is -1.15. The number of halogens is 2. The molecule has 2 heteroatoms. The third-order valence-electron chi connectivity index (χ3n) is 1.73. The van der Waals surface area contributed by atoms with Gasteiger partial charge in [-0.05, 0) is 17.7 Å². The summed E-state index contributed by atoms with van der Waals surface area (Å²) in [5.41, 5.74) is 1.33. The zero-order valence-corrected chi connectivity index (χ0v) is 9.82. The van der Waals surface area contributed by atoms with Gasteiger partial charge in [-0.1, -0.05) is 64.5 Å². The molecule has 2 aromatic rings. The van der Waals surface area contributed by atoms with Gasteiger partial charge in [-0.15, -0.1) is 0 Å². The Morgan fingerprint density at radius 1 is 0.800 bits per heavy atom. The molecule has 0 amide bonds. The average molecular weight is 267 g/mol. The summed E-state index contributed by atoms with van der Waals surface area (Å²) in [6, 6.07) is 18.2. The monoisotopic (exact) mass is 266 g/mol. The summed E-state index contributed by atoms with van der Waals surface area (Å²) in [5.74, 6) is -0.178. The second-order valence-electron chi connectivity index (χ2n) is 2.91. The smallest absolute Gasteiger partial charge is 0.123 e. The molecule has 0 N–H and O–H groups in total. The Morgan fingerprint density at radius 3 is 1.53 bits per heavy atom. The lowest BCUT2D eigenvalue weighted by molar-refractivity contribution is 0.628. The van der Waals surface area contributed by atoms with Gasteiger partial charge in [-0.3, -0.25) is 0 Å². The molecule has 0 saturated carbocycles. The van der Waals surface area contributed by atoms with Crippen molar-refractivity contribution in [2.45, 2.75) is 5.33 Å². The normalized spacial score (nSPS) is 8.93. The van der Waals surface area contributed by atoms with Gasteiger partial charge in [-0.2, -0.15) is 0 Å². The highest BCUT2D eigenvalue weighted by Gasteiger charge is 1.81. The van der Waals surface area contributed by atoms with Crippen LogP contribution in [-0.2, 0) is 5.33 Å². The second-order valence-corrected chi connectivity index (χ2v) is 3.48. The maximum atomic E-state index is 11.9. The Bertz CT molecular complexity index is 359. The second kappa shape index (κ2) is 7.18. The van der Waals surface area contributed by atoms with E-state index in [4.69, 9.17) is 0 Å². The van der Waals surface area contributed by atoms with Crippen LogP contribution < -0.4 is 0 Å². The van der Waals surface area contributed by atoms with Crippen LogP contribution in [-0.4, -0.2) is 0 Å². The van der Waals surface area contributed by atoms with Crippen LogP contribution in [0.15, 0.2) is 60.7 Å². The lowest BCUT2D eigenvalue weighted by Gasteiger charge is -1.88. The summed E-state index contributed by atoms with van der Waals surface area (Å²) in [7, 11) is 0. The molecule has 0 aliphatic carbocycles. The first-order chi connectivity index (χ1) is 7.33. The standard InChI is InChI=1S/C7H7Br.C6H5F/c8-6-7-4-2-1-3-5-7;7-6-4-2-1-3-5-6/h1-5H,6H2;1-5H. The van der Waals surface area contributed by atoms with Gasteiger partial charge in [0.05, 0.1) is 0 Å². The van der Waals surface area contributed by atoms with E-state index in [1.54, 1.807) is 18.2 Å². The number of hydrogen-bond donors (Lipinski definition) is 0. The molecule has 0 aromatic heterocycles. The molecule has 78 valence electrons. The number of benzene rings is 2. The fraction of sp³-hybridized carbons (Fsp3) is 0.0769. The molecule has 2 aromatic carbocycles. The Kier molecular flexibility index (Phi) is 5.71. The highest BCUT2D eigenvalue weighted by molar-refractivity contribution is 9.08. The largest absolute Gasteiger partial charge is 0.207 e. The molecular formula is C13H12BrF. The maximum absolute atomic E-state index is 11.9. The molecular weight excluding hydrogens is 255 g/mol. The van der Waals surface area contributed by atoms with Crippen molar-refractivity contribution in [1.82, 2.24) is 0 Å². The molecule has 0 aliphatic heterocycles. The van der Waals surface area contributed by atoms with Gasteiger partial charge in [-0.25, -0.2) is 4.39 Å². The van der Waals surface area contributed by atoms with Crippen molar-refractivity contribution < 1.29 is 4.39 Å². The molecule has 2 rings (SSSR count). The SMILES string of the molecule is BrCc1ccccc1.Fc1ccccc1. The molecule has 0 nitrogen and oxygen atoms in total. The van der Waals surface area contributed by atoms with E-state index in [9.17, 15) is 4.39 Å². The first-order valence-corrected chi connectivity index (χ1v) is 5.75. The number of rotatable bonds is 1.